The summed E-state index contributed by atoms with van der Waals surface area (Å²) >= 11 is 0. The first kappa shape index (κ1) is 11.4. The molecule has 0 radical (unpaired) electrons. The van der Waals surface area contributed by atoms with E-state index >= 15 is 0 Å². The maximum atomic E-state index is 10.7. The molecule has 4 rings (SSSR count). The molecule has 0 saturated heterocycles. The Kier molecular flexibility index (Phi) is 2.60. The van der Waals surface area contributed by atoms with Crippen LogP contribution in [0.15, 0.2) is 0 Å². The molecule has 4 heteroatoms. The van der Waals surface area contributed by atoms with Crippen molar-refractivity contribution in [2.75, 3.05) is 14.2 Å². The Bertz CT molecular complexity index is 253. The van der Waals surface area contributed by atoms with Crippen molar-refractivity contribution < 1.29 is 13.9 Å². The summed E-state index contributed by atoms with van der Waals surface area (Å²) in [6.07, 6.45) is 7.59. The minimum atomic E-state index is -2.95. The average Bonchev–Trinajstić information content (AvgIpc) is 2.26. The van der Waals surface area contributed by atoms with Crippen LogP contribution < -0.4 is 0 Å². The quantitative estimate of drug-likeness (QED) is 0.778. The zero-order valence-corrected chi connectivity index (χ0v) is 11.2. The Hall–Kier alpha value is 0.310. The third kappa shape index (κ3) is 1.42. The van der Waals surface area contributed by atoms with Gasteiger partial charge in [-0.3, -0.25) is 0 Å². The van der Waals surface area contributed by atoms with Gasteiger partial charge >= 0.3 is 97.5 Å². The van der Waals surface area contributed by atoms with Crippen LogP contribution in [0.25, 0.3) is 0 Å². The van der Waals surface area contributed by atoms with Crippen molar-refractivity contribution in [1.29, 1.82) is 0 Å². The summed E-state index contributed by atoms with van der Waals surface area (Å²) < 4.78 is 10.9. The van der Waals surface area contributed by atoms with E-state index in [0.29, 0.717) is 0 Å². The topological polar surface area (TPSA) is 38.7 Å². The van der Waals surface area contributed by atoms with Crippen LogP contribution in [0.4, 0.5) is 0 Å². The van der Waals surface area contributed by atoms with Crippen LogP contribution in [0.1, 0.15) is 38.5 Å². The molecule has 0 unspecified atom stereocenters. The molecule has 0 aromatic heterocycles. The van der Waals surface area contributed by atoms with Crippen molar-refractivity contribution in [1.82, 2.24) is 0 Å². The van der Waals surface area contributed by atoms with E-state index in [1.807, 2.05) is 0 Å². The molecule has 4 saturated carbocycles. The molecular weight excluding hydrogens is 223 g/mol. The van der Waals surface area contributed by atoms with E-state index in [9.17, 15) is 4.89 Å². The van der Waals surface area contributed by atoms with E-state index in [1.54, 1.807) is 14.2 Å². The van der Waals surface area contributed by atoms with Crippen LogP contribution in [0, 0.1) is 17.8 Å². The average molecular weight is 246 g/mol. The molecule has 4 bridgehead atoms. The number of rotatable bonds is 3. The third-order valence-electron chi connectivity index (χ3n) is 5.26. The van der Waals surface area contributed by atoms with Crippen molar-refractivity contribution in [3.05, 3.63) is 0 Å². The number of hydrogen-bond donors (Lipinski definition) is 1. The predicted molar refractivity (Wildman–Crippen MR) is 65.5 cm³/mol. The van der Waals surface area contributed by atoms with Gasteiger partial charge in [-0.1, -0.05) is 0 Å². The maximum absolute atomic E-state index is 10.7. The van der Waals surface area contributed by atoms with Crippen LogP contribution in [0.3, 0.4) is 0 Å². The fourth-order valence-electron chi connectivity index (χ4n) is 5.01. The van der Waals surface area contributed by atoms with Gasteiger partial charge in [0.2, 0.25) is 0 Å². The monoisotopic (exact) mass is 246 g/mol. The van der Waals surface area contributed by atoms with Crippen LogP contribution in [-0.4, -0.2) is 24.3 Å². The Morgan fingerprint density at radius 2 is 1.31 bits per heavy atom. The molecule has 4 aliphatic carbocycles. The predicted octanol–water partition coefficient (Wildman–Crippen LogP) is 2.74. The van der Waals surface area contributed by atoms with Gasteiger partial charge in [0.25, 0.3) is 0 Å². The fourth-order valence-corrected chi connectivity index (χ4v) is 7.69. The van der Waals surface area contributed by atoms with Crippen molar-refractivity contribution in [2.24, 2.45) is 17.8 Å². The van der Waals surface area contributed by atoms with Gasteiger partial charge in [-0.05, 0) is 0 Å². The molecule has 0 aromatic rings. The normalized spacial score (nSPS) is 47.3. The van der Waals surface area contributed by atoms with Gasteiger partial charge in [-0.15, -0.1) is 0 Å². The SMILES string of the molecule is CO[PH](O)(OC)C12CC3CC(CC(C3)C1)C2. The van der Waals surface area contributed by atoms with E-state index in [-0.39, 0.29) is 5.16 Å². The molecule has 94 valence electrons. The van der Waals surface area contributed by atoms with E-state index in [2.05, 4.69) is 0 Å². The van der Waals surface area contributed by atoms with Crippen LogP contribution in [0.2, 0.25) is 0 Å². The molecule has 4 fully saturated rings. The fraction of sp³-hybridized carbons (Fsp3) is 1.00. The molecular formula is C12H23O3P. The molecule has 1 N–H and O–H groups in total. The van der Waals surface area contributed by atoms with Gasteiger partial charge < -0.3 is 0 Å². The van der Waals surface area contributed by atoms with Crippen molar-refractivity contribution in [3.8, 4) is 0 Å². The zero-order chi connectivity index (χ0) is 11.4. The summed E-state index contributed by atoms with van der Waals surface area (Å²) in [6.45, 7) is 0. The summed E-state index contributed by atoms with van der Waals surface area (Å²) in [4.78, 5) is 10.7. The molecule has 16 heavy (non-hydrogen) atoms. The molecule has 0 amide bonds. The van der Waals surface area contributed by atoms with Gasteiger partial charge in [0, 0.05) is 0 Å². The van der Waals surface area contributed by atoms with Gasteiger partial charge in [0.1, 0.15) is 0 Å². The Morgan fingerprint density at radius 1 is 0.938 bits per heavy atom. The molecule has 3 nitrogen and oxygen atoms in total. The first-order valence-corrected chi connectivity index (χ1v) is 8.20. The van der Waals surface area contributed by atoms with Crippen molar-refractivity contribution in [3.63, 3.8) is 0 Å². The van der Waals surface area contributed by atoms with E-state index in [0.717, 1.165) is 37.0 Å². The van der Waals surface area contributed by atoms with Crippen LogP contribution in [0.5, 0.6) is 0 Å². The Labute approximate surface area is 98.1 Å². The van der Waals surface area contributed by atoms with Gasteiger partial charge in [-0.25, -0.2) is 0 Å². The second kappa shape index (κ2) is 3.65. The first-order chi connectivity index (χ1) is 7.61. The van der Waals surface area contributed by atoms with Crippen molar-refractivity contribution in [2.45, 2.75) is 43.7 Å². The Balaban J connectivity index is 1.93. The van der Waals surface area contributed by atoms with Gasteiger partial charge in [-0.2, -0.15) is 0 Å². The van der Waals surface area contributed by atoms with Crippen LogP contribution >= 0.6 is 7.94 Å². The van der Waals surface area contributed by atoms with Crippen molar-refractivity contribution >= 4 is 7.94 Å². The molecule has 0 aliphatic heterocycles. The van der Waals surface area contributed by atoms with Gasteiger partial charge in [0.15, 0.2) is 0 Å². The molecule has 0 atom stereocenters. The minimum absolute atomic E-state index is 0.00521. The zero-order valence-electron chi connectivity index (χ0n) is 10.2. The Morgan fingerprint density at radius 3 is 1.62 bits per heavy atom. The number of hydrogen-bond acceptors (Lipinski definition) is 3. The first-order valence-electron chi connectivity index (χ1n) is 6.43. The summed E-state index contributed by atoms with van der Waals surface area (Å²) in [7, 11) is 0.290. The van der Waals surface area contributed by atoms with Gasteiger partial charge in [0.05, 0.1) is 0 Å². The summed E-state index contributed by atoms with van der Waals surface area (Å²) in [5, 5.41) is 0.00521. The molecule has 4 aliphatic rings. The standard InChI is InChI=1S/C12H23O3P/c1-14-16(13,15-2)12-6-9-3-10(7-12)5-11(4-9)8-12/h9-11,13,16H,3-8H2,1-2H3. The summed E-state index contributed by atoms with van der Waals surface area (Å²) in [5.74, 6) is 2.49. The summed E-state index contributed by atoms with van der Waals surface area (Å²) in [5.41, 5.74) is 0. The van der Waals surface area contributed by atoms with E-state index in [4.69, 9.17) is 9.05 Å². The second-order valence-corrected chi connectivity index (χ2v) is 9.23. The molecule has 0 heterocycles. The summed E-state index contributed by atoms with van der Waals surface area (Å²) in [6, 6.07) is 0. The van der Waals surface area contributed by atoms with E-state index in [1.165, 1.54) is 19.3 Å². The van der Waals surface area contributed by atoms with Crippen LogP contribution in [-0.2, 0) is 9.05 Å². The van der Waals surface area contributed by atoms with E-state index < -0.39 is 7.94 Å². The molecule has 0 spiro atoms. The third-order valence-corrected chi connectivity index (χ3v) is 8.32. The molecule has 0 aromatic carbocycles. The second-order valence-electron chi connectivity index (χ2n) is 6.19.